The van der Waals surface area contributed by atoms with E-state index in [0.717, 1.165) is 6.42 Å². The van der Waals surface area contributed by atoms with E-state index in [1.165, 1.54) is 6.07 Å². The van der Waals surface area contributed by atoms with Gasteiger partial charge in [0.2, 0.25) is 0 Å². The Balaban J connectivity index is 2.91. The van der Waals surface area contributed by atoms with Crippen molar-refractivity contribution in [3.63, 3.8) is 0 Å². The smallest absolute Gasteiger partial charge is 0.320 e. The van der Waals surface area contributed by atoms with Gasteiger partial charge in [-0.15, -0.1) is 0 Å². The van der Waals surface area contributed by atoms with Gasteiger partial charge >= 0.3 is 5.97 Å². The van der Waals surface area contributed by atoms with Crippen molar-refractivity contribution < 1.29 is 14.8 Å². The molecule has 0 radical (unpaired) electrons. The van der Waals surface area contributed by atoms with Crippen LogP contribution in [0.2, 0.25) is 0 Å². The van der Waals surface area contributed by atoms with E-state index >= 15 is 0 Å². The summed E-state index contributed by atoms with van der Waals surface area (Å²) in [5, 5.41) is 22.9. The third-order valence-corrected chi connectivity index (χ3v) is 2.93. The lowest BCUT2D eigenvalue weighted by Gasteiger charge is -2.20. The SMILES string of the molecule is CCCC(NC(C)c1ccccc1[N+](=O)[O-])C(=O)O. The van der Waals surface area contributed by atoms with Gasteiger partial charge in [-0.05, 0) is 13.3 Å². The molecule has 19 heavy (non-hydrogen) atoms. The quantitative estimate of drug-likeness (QED) is 0.584. The first-order chi connectivity index (χ1) is 8.97. The van der Waals surface area contributed by atoms with Crippen LogP contribution in [0.5, 0.6) is 0 Å². The predicted octanol–water partition coefficient (Wildman–Crippen LogP) is 2.50. The first kappa shape index (κ1) is 15.1. The number of nitro benzene ring substituents is 1. The van der Waals surface area contributed by atoms with Crippen LogP contribution in [0.1, 0.15) is 38.3 Å². The van der Waals surface area contributed by atoms with Gasteiger partial charge in [0.1, 0.15) is 6.04 Å². The van der Waals surface area contributed by atoms with Crippen LogP contribution < -0.4 is 5.32 Å². The standard InChI is InChI=1S/C13H18N2O4/c1-3-6-11(13(16)17)14-9(2)10-7-4-5-8-12(10)15(18)19/h4-5,7-9,11,14H,3,6H2,1-2H3,(H,16,17). The Morgan fingerprint density at radius 1 is 1.47 bits per heavy atom. The van der Waals surface area contributed by atoms with Crippen molar-refractivity contribution in [3.8, 4) is 0 Å². The molecule has 0 fully saturated rings. The Morgan fingerprint density at radius 2 is 2.11 bits per heavy atom. The largest absolute Gasteiger partial charge is 0.480 e. The Kier molecular flexibility index (Phi) is 5.44. The van der Waals surface area contributed by atoms with Gasteiger partial charge in [-0.2, -0.15) is 0 Å². The fraction of sp³-hybridized carbons (Fsp3) is 0.462. The average molecular weight is 266 g/mol. The first-order valence-corrected chi connectivity index (χ1v) is 6.19. The number of para-hydroxylation sites is 1. The maximum Gasteiger partial charge on any atom is 0.320 e. The van der Waals surface area contributed by atoms with Gasteiger partial charge in [-0.25, -0.2) is 0 Å². The van der Waals surface area contributed by atoms with Crippen molar-refractivity contribution in [2.75, 3.05) is 0 Å². The summed E-state index contributed by atoms with van der Waals surface area (Å²) in [6.45, 7) is 3.63. The lowest BCUT2D eigenvalue weighted by Crippen LogP contribution is -2.38. The molecule has 0 aromatic heterocycles. The summed E-state index contributed by atoms with van der Waals surface area (Å²) in [5.74, 6) is -0.938. The molecule has 2 atom stereocenters. The molecule has 104 valence electrons. The van der Waals surface area contributed by atoms with Gasteiger partial charge < -0.3 is 5.11 Å². The highest BCUT2D eigenvalue weighted by Gasteiger charge is 2.23. The van der Waals surface area contributed by atoms with E-state index in [4.69, 9.17) is 5.11 Å². The Labute approximate surface area is 111 Å². The van der Waals surface area contributed by atoms with E-state index in [9.17, 15) is 14.9 Å². The number of carbonyl (C=O) groups is 1. The van der Waals surface area contributed by atoms with Gasteiger partial charge in [-0.1, -0.05) is 31.5 Å². The van der Waals surface area contributed by atoms with E-state index in [1.54, 1.807) is 25.1 Å². The lowest BCUT2D eigenvalue weighted by molar-refractivity contribution is -0.385. The minimum absolute atomic E-state index is 0.00290. The molecule has 6 heteroatoms. The highest BCUT2D eigenvalue weighted by atomic mass is 16.6. The third-order valence-electron chi connectivity index (χ3n) is 2.93. The number of hydrogen-bond donors (Lipinski definition) is 2. The van der Waals surface area contributed by atoms with Crippen LogP contribution in [0.15, 0.2) is 24.3 Å². The summed E-state index contributed by atoms with van der Waals surface area (Å²) < 4.78 is 0. The zero-order valence-corrected chi connectivity index (χ0v) is 11.0. The summed E-state index contributed by atoms with van der Waals surface area (Å²) >= 11 is 0. The lowest BCUT2D eigenvalue weighted by atomic mass is 10.0. The molecule has 0 bridgehead atoms. The summed E-state index contributed by atoms with van der Waals surface area (Å²) in [7, 11) is 0. The number of benzene rings is 1. The number of nitrogens with zero attached hydrogens (tertiary/aromatic N) is 1. The van der Waals surface area contributed by atoms with E-state index < -0.39 is 23.0 Å². The Hall–Kier alpha value is -1.95. The molecule has 2 N–H and O–H groups in total. The maximum atomic E-state index is 11.1. The summed E-state index contributed by atoms with van der Waals surface area (Å²) in [5.41, 5.74) is 0.498. The molecular formula is C13H18N2O4. The molecule has 0 aliphatic rings. The highest BCUT2D eigenvalue weighted by molar-refractivity contribution is 5.73. The molecule has 1 rings (SSSR count). The first-order valence-electron chi connectivity index (χ1n) is 6.19. The second-order valence-corrected chi connectivity index (χ2v) is 4.38. The number of carboxylic acid groups (broad SMARTS) is 1. The minimum Gasteiger partial charge on any atom is -0.480 e. The number of nitrogens with one attached hydrogen (secondary N) is 1. The average Bonchev–Trinajstić information content (AvgIpc) is 2.37. The van der Waals surface area contributed by atoms with Gasteiger partial charge in [0, 0.05) is 17.7 Å². The van der Waals surface area contributed by atoms with E-state index in [-0.39, 0.29) is 5.69 Å². The number of carboxylic acids is 1. The van der Waals surface area contributed by atoms with E-state index in [1.807, 2.05) is 6.92 Å². The van der Waals surface area contributed by atoms with E-state index in [0.29, 0.717) is 12.0 Å². The van der Waals surface area contributed by atoms with Crippen LogP contribution in [0.3, 0.4) is 0 Å². The Morgan fingerprint density at radius 3 is 2.63 bits per heavy atom. The van der Waals surface area contributed by atoms with Crippen molar-refractivity contribution in [1.29, 1.82) is 0 Å². The van der Waals surface area contributed by atoms with Gasteiger partial charge in [0.25, 0.3) is 5.69 Å². The normalized spacial score (nSPS) is 13.8. The molecule has 6 nitrogen and oxygen atoms in total. The fourth-order valence-electron chi connectivity index (χ4n) is 1.98. The van der Waals surface area contributed by atoms with Crippen molar-refractivity contribution in [1.82, 2.24) is 5.32 Å². The molecule has 0 aliphatic carbocycles. The van der Waals surface area contributed by atoms with Crippen molar-refractivity contribution in [2.45, 2.75) is 38.8 Å². The Bertz CT molecular complexity index is 462. The monoisotopic (exact) mass is 266 g/mol. The van der Waals surface area contributed by atoms with Crippen molar-refractivity contribution >= 4 is 11.7 Å². The summed E-state index contributed by atoms with van der Waals surface area (Å²) in [6, 6.07) is 5.27. The molecular weight excluding hydrogens is 248 g/mol. The van der Waals surface area contributed by atoms with Gasteiger partial charge in [-0.3, -0.25) is 20.2 Å². The molecule has 0 aliphatic heterocycles. The van der Waals surface area contributed by atoms with Crippen LogP contribution in [-0.4, -0.2) is 22.0 Å². The maximum absolute atomic E-state index is 11.1. The second-order valence-electron chi connectivity index (χ2n) is 4.38. The molecule has 0 saturated carbocycles. The van der Waals surface area contributed by atoms with Crippen LogP contribution in [-0.2, 0) is 4.79 Å². The summed E-state index contributed by atoms with van der Waals surface area (Å²) in [4.78, 5) is 21.6. The van der Waals surface area contributed by atoms with Crippen molar-refractivity contribution in [3.05, 3.63) is 39.9 Å². The molecule has 0 heterocycles. The van der Waals surface area contributed by atoms with Crippen LogP contribution in [0.4, 0.5) is 5.69 Å². The number of hydrogen-bond acceptors (Lipinski definition) is 4. The predicted molar refractivity (Wildman–Crippen MR) is 71.0 cm³/mol. The topological polar surface area (TPSA) is 92.5 Å². The molecule has 2 unspecified atom stereocenters. The minimum atomic E-state index is -0.938. The zero-order chi connectivity index (χ0) is 14.4. The zero-order valence-electron chi connectivity index (χ0n) is 11.0. The van der Waals surface area contributed by atoms with Gasteiger partial charge in [0.05, 0.1) is 4.92 Å². The molecule has 0 spiro atoms. The van der Waals surface area contributed by atoms with Crippen LogP contribution >= 0.6 is 0 Å². The van der Waals surface area contributed by atoms with Gasteiger partial charge in [0.15, 0.2) is 0 Å². The molecule has 0 saturated heterocycles. The number of nitro groups is 1. The molecule has 1 aromatic carbocycles. The summed E-state index contributed by atoms with van der Waals surface area (Å²) in [6.07, 6.45) is 1.22. The van der Waals surface area contributed by atoms with E-state index in [2.05, 4.69) is 5.32 Å². The van der Waals surface area contributed by atoms with Crippen LogP contribution in [0, 0.1) is 10.1 Å². The fourth-order valence-corrected chi connectivity index (χ4v) is 1.98. The molecule has 1 aromatic rings. The molecule has 0 amide bonds. The second kappa shape index (κ2) is 6.84. The third kappa shape index (κ3) is 4.03. The number of rotatable bonds is 7. The van der Waals surface area contributed by atoms with Crippen molar-refractivity contribution in [2.24, 2.45) is 0 Å². The highest BCUT2D eigenvalue weighted by Crippen LogP contribution is 2.25. The van der Waals surface area contributed by atoms with Crippen LogP contribution in [0.25, 0.3) is 0 Å². The number of aliphatic carboxylic acids is 1.